The summed E-state index contributed by atoms with van der Waals surface area (Å²) in [6, 6.07) is 12.0. The first-order valence-corrected chi connectivity index (χ1v) is 6.73. The first-order chi connectivity index (χ1) is 9.06. The maximum atomic E-state index is 13.1. The van der Waals surface area contributed by atoms with E-state index in [9.17, 15) is 4.39 Å². The van der Waals surface area contributed by atoms with Gasteiger partial charge in [-0.3, -0.25) is 0 Å². The molecule has 0 spiro atoms. The number of rotatable bonds is 4. The predicted molar refractivity (Wildman–Crippen MR) is 80.8 cm³/mol. The molecule has 2 aromatic carbocycles. The molecule has 0 saturated heterocycles. The highest BCUT2D eigenvalue weighted by Crippen LogP contribution is 2.19. The lowest BCUT2D eigenvalue weighted by Gasteiger charge is -2.08. The van der Waals surface area contributed by atoms with Gasteiger partial charge < -0.3 is 10.5 Å². The van der Waals surface area contributed by atoms with Crippen molar-refractivity contribution in [1.29, 1.82) is 0 Å². The SMILES string of the molecule is NC(=S)c1cccc(OCc2ccc(F)c(Br)c2)c1. The van der Waals surface area contributed by atoms with E-state index in [0.29, 0.717) is 21.8 Å². The molecule has 2 N–H and O–H groups in total. The van der Waals surface area contributed by atoms with Crippen LogP contribution in [0.3, 0.4) is 0 Å². The van der Waals surface area contributed by atoms with Crippen molar-refractivity contribution in [2.45, 2.75) is 6.61 Å². The summed E-state index contributed by atoms with van der Waals surface area (Å²) < 4.78 is 19.1. The monoisotopic (exact) mass is 339 g/mol. The highest BCUT2D eigenvalue weighted by Gasteiger charge is 2.03. The van der Waals surface area contributed by atoms with Gasteiger partial charge in [-0.1, -0.05) is 30.4 Å². The number of nitrogens with two attached hydrogens (primary N) is 1. The standard InChI is InChI=1S/C14H11BrFNOS/c15-12-6-9(4-5-13(12)16)8-18-11-3-1-2-10(7-11)14(17)19/h1-7H,8H2,(H2,17,19). The third kappa shape index (κ3) is 3.75. The summed E-state index contributed by atoms with van der Waals surface area (Å²) in [5, 5.41) is 0. The molecule has 0 saturated carbocycles. The lowest BCUT2D eigenvalue weighted by atomic mass is 10.2. The van der Waals surface area contributed by atoms with Crippen LogP contribution in [0, 0.1) is 5.82 Å². The third-order valence-electron chi connectivity index (χ3n) is 2.51. The van der Waals surface area contributed by atoms with Crippen LogP contribution in [-0.4, -0.2) is 4.99 Å². The molecule has 2 nitrogen and oxygen atoms in total. The van der Waals surface area contributed by atoms with Crippen molar-refractivity contribution in [1.82, 2.24) is 0 Å². The zero-order chi connectivity index (χ0) is 13.8. The summed E-state index contributed by atoms with van der Waals surface area (Å²) in [6.45, 7) is 0.347. The molecule has 0 radical (unpaired) electrons. The van der Waals surface area contributed by atoms with Gasteiger partial charge in [-0.25, -0.2) is 4.39 Å². The molecule has 2 aromatic rings. The van der Waals surface area contributed by atoms with Gasteiger partial charge in [0.15, 0.2) is 0 Å². The zero-order valence-electron chi connectivity index (χ0n) is 9.90. The minimum Gasteiger partial charge on any atom is -0.489 e. The normalized spacial score (nSPS) is 10.2. The molecule has 2 rings (SSSR count). The Morgan fingerprint density at radius 3 is 2.74 bits per heavy atom. The maximum absolute atomic E-state index is 13.1. The second kappa shape index (κ2) is 6.12. The number of thiocarbonyl (C=S) groups is 1. The largest absolute Gasteiger partial charge is 0.489 e. The summed E-state index contributed by atoms with van der Waals surface area (Å²) in [7, 11) is 0. The molecule has 19 heavy (non-hydrogen) atoms. The number of ether oxygens (including phenoxy) is 1. The molecule has 0 heterocycles. The van der Waals surface area contributed by atoms with E-state index in [4.69, 9.17) is 22.7 Å². The fourth-order valence-electron chi connectivity index (χ4n) is 1.54. The van der Waals surface area contributed by atoms with Crippen LogP contribution < -0.4 is 10.5 Å². The first kappa shape index (κ1) is 14.0. The van der Waals surface area contributed by atoms with Crippen LogP contribution >= 0.6 is 28.1 Å². The van der Waals surface area contributed by atoms with Gasteiger partial charge in [0.05, 0.1) is 4.47 Å². The molecule has 0 aliphatic carbocycles. The van der Waals surface area contributed by atoms with Crippen LogP contribution in [0.5, 0.6) is 5.75 Å². The van der Waals surface area contributed by atoms with Crippen molar-refractivity contribution in [2.75, 3.05) is 0 Å². The van der Waals surface area contributed by atoms with Crippen molar-refractivity contribution < 1.29 is 9.13 Å². The van der Waals surface area contributed by atoms with Gasteiger partial charge in [-0.15, -0.1) is 0 Å². The summed E-state index contributed by atoms with van der Waals surface area (Å²) >= 11 is 8.04. The van der Waals surface area contributed by atoms with E-state index in [1.54, 1.807) is 18.2 Å². The molecule has 0 atom stereocenters. The maximum Gasteiger partial charge on any atom is 0.137 e. The molecule has 0 aliphatic heterocycles. The number of hydrogen-bond donors (Lipinski definition) is 1. The highest BCUT2D eigenvalue weighted by atomic mass is 79.9. The molecule has 98 valence electrons. The van der Waals surface area contributed by atoms with Gasteiger partial charge in [-0.05, 0) is 45.8 Å². The minimum atomic E-state index is -0.292. The van der Waals surface area contributed by atoms with E-state index in [2.05, 4.69) is 15.9 Å². The Labute approximate surface area is 124 Å². The number of benzene rings is 2. The van der Waals surface area contributed by atoms with E-state index in [1.165, 1.54) is 6.07 Å². The molecule has 0 unspecified atom stereocenters. The van der Waals surface area contributed by atoms with E-state index in [1.807, 2.05) is 18.2 Å². The lowest BCUT2D eigenvalue weighted by molar-refractivity contribution is 0.306. The Bertz CT molecular complexity index is 618. The van der Waals surface area contributed by atoms with E-state index in [0.717, 1.165) is 11.1 Å². The van der Waals surface area contributed by atoms with Gasteiger partial charge in [0, 0.05) is 5.56 Å². The van der Waals surface area contributed by atoms with Crippen LogP contribution in [0.4, 0.5) is 4.39 Å². The van der Waals surface area contributed by atoms with Gasteiger partial charge in [0.1, 0.15) is 23.2 Å². The Morgan fingerprint density at radius 2 is 2.05 bits per heavy atom. The van der Waals surface area contributed by atoms with Gasteiger partial charge >= 0.3 is 0 Å². The third-order valence-corrected chi connectivity index (χ3v) is 3.35. The predicted octanol–water partition coefficient (Wildman–Crippen LogP) is 3.80. The van der Waals surface area contributed by atoms with Crippen LogP contribution in [0.15, 0.2) is 46.9 Å². The molecular formula is C14H11BrFNOS. The number of hydrogen-bond acceptors (Lipinski definition) is 2. The summed E-state index contributed by atoms with van der Waals surface area (Å²) in [5.74, 6) is 0.380. The van der Waals surface area contributed by atoms with Crippen molar-refractivity contribution in [3.05, 3.63) is 63.9 Å². The molecule has 0 fully saturated rings. The summed E-state index contributed by atoms with van der Waals surface area (Å²) in [4.78, 5) is 0.329. The fourth-order valence-corrected chi connectivity index (χ4v) is 2.09. The topological polar surface area (TPSA) is 35.2 Å². The summed E-state index contributed by atoms with van der Waals surface area (Å²) in [6.07, 6.45) is 0. The molecule has 0 aromatic heterocycles. The van der Waals surface area contributed by atoms with Crippen molar-refractivity contribution in [3.63, 3.8) is 0 Å². The fraction of sp³-hybridized carbons (Fsp3) is 0.0714. The second-order valence-corrected chi connectivity index (χ2v) is 5.22. The first-order valence-electron chi connectivity index (χ1n) is 5.53. The average Bonchev–Trinajstić information content (AvgIpc) is 2.40. The van der Waals surface area contributed by atoms with Gasteiger partial charge in [0.25, 0.3) is 0 Å². The van der Waals surface area contributed by atoms with E-state index in [-0.39, 0.29) is 5.82 Å². The molecule has 0 bridgehead atoms. The lowest BCUT2D eigenvalue weighted by Crippen LogP contribution is -2.09. The van der Waals surface area contributed by atoms with Crippen LogP contribution in [0.25, 0.3) is 0 Å². The molecular weight excluding hydrogens is 329 g/mol. The molecule has 5 heteroatoms. The van der Waals surface area contributed by atoms with Crippen molar-refractivity contribution in [2.24, 2.45) is 5.73 Å². The Morgan fingerprint density at radius 1 is 1.26 bits per heavy atom. The smallest absolute Gasteiger partial charge is 0.137 e. The van der Waals surface area contributed by atoms with Crippen molar-refractivity contribution >= 4 is 33.1 Å². The van der Waals surface area contributed by atoms with Gasteiger partial charge in [0.2, 0.25) is 0 Å². The minimum absolute atomic E-state index is 0.292. The highest BCUT2D eigenvalue weighted by molar-refractivity contribution is 9.10. The van der Waals surface area contributed by atoms with E-state index < -0.39 is 0 Å². The quantitative estimate of drug-likeness (QED) is 0.860. The Kier molecular flexibility index (Phi) is 4.50. The van der Waals surface area contributed by atoms with Gasteiger partial charge in [-0.2, -0.15) is 0 Å². The Balaban J connectivity index is 2.07. The number of halogens is 2. The zero-order valence-corrected chi connectivity index (χ0v) is 12.3. The van der Waals surface area contributed by atoms with Crippen LogP contribution in [0.2, 0.25) is 0 Å². The summed E-state index contributed by atoms with van der Waals surface area (Å²) in [5.41, 5.74) is 7.18. The molecule has 0 amide bonds. The van der Waals surface area contributed by atoms with Crippen molar-refractivity contribution in [3.8, 4) is 5.75 Å². The van der Waals surface area contributed by atoms with Crippen LogP contribution in [-0.2, 0) is 6.61 Å². The van der Waals surface area contributed by atoms with E-state index >= 15 is 0 Å². The second-order valence-electron chi connectivity index (χ2n) is 3.93. The average molecular weight is 340 g/mol. The van der Waals surface area contributed by atoms with Crippen LogP contribution in [0.1, 0.15) is 11.1 Å². The Hall–Kier alpha value is -1.46. The molecule has 0 aliphatic rings.